The van der Waals surface area contributed by atoms with Gasteiger partial charge in [-0.15, -0.1) is 0 Å². The summed E-state index contributed by atoms with van der Waals surface area (Å²) < 4.78 is 5.13. The van der Waals surface area contributed by atoms with E-state index in [2.05, 4.69) is 370 Å². The molecule has 2 aliphatic heterocycles. The molecule has 0 aliphatic carbocycles. The summed E-state index contributed by atoms with van der Waals surface area (Å²) in [6.45, 7) is 13.9. The standard InChI is InChI=1S/C92H69BN4/c1-91(2,3)64-53-71(59-32-14-8-15-33-59)86(72(54-64)60-34-16-9-17-35-60)96-81-51-48-63(58-30-12-7-13-31-58)52-76(81)93-75-50-49-66(94-77-44-26-22-40-67(77)68-41-23-27-45-78(68)94)57-82(75)97(87-73(61-36-18-10-19-37-61)55-65(92(4,5)6)56-74(87)62-38-20-11-21-39-62)90-84-70-43-25-29-47-80(70)95-79-46-28-24-42-69(79)83(88(84)95)89(96)85(90)93/h7-57H,1-6H3. The molecule has 5 heterocycles. The van der Waals surface area contributed by atoms with Crippen LogP contribution in [0.15, 0.2) is 309 Å². The molecular weight excluding hydrogens is 1170 g/mol. The quantitative estimate of drug-likeness (QED) is 0.141. The summed E-state index contributed by atoms with van der Waals surface area (Å²) in [5.41, 5.74) is 31.5. The second kappa shape index (κ2) is 21.4. The van der Waals surface area contributed by atoms with E-state index in [4.69, 9.17) is 0 Å². The zero-order valence-corrected chi connectivity index (χ0v) is 55.3. The van der Waals surface area contributed by atoms with Crippen LogP contribution >= 0.6 is 0 Å². The number of aromatic nitrogens is 2. The minimum atomic E-state index is -0.280. The van der Waals surface area contributed by atoms with Crippen molar-refractivity contribution in [2.75, 3.05) is 9.80 Å². The highest BCUT2D eigenvalue weighted by Crippen LogP contribution is 2.60. The molecule has 0 bridgehead atoms. The van der Waals surface area contributed by atoms with Crippen LogP contribution in [0, 0.1) is 0 Å². The molecule has 2 aliphatic rings. The second-order valence-corrected chi connectivity index (χ2v) is 28.7. The highest BCUT2D eigenvalue weighted by Gasteiger charge is 2.49. The van der Waals surface area contributed by atoms with Crippen molar-refractivity contribution >= 4 is 117 Å². The molecule has 0 spiro atoms. The summed E-state index contributed by atoms with van der Waals surface area (Å²) in [5.74, 6) is 0. The lowest BCUT2D eigenvalue weighted by molar-refractivity contribution is 0.590. The fourth-order valence-electron chi connectivity index (χ4n) is 16.6. The maximum absolute atomic E-state index is 2.79. The number of hydrogen-bond donors (Lipinski definition) is 0. The van der Waals surface area contributed by atoms with E-state index < -0.39 is 0 Å². The molecule has 0 atom stereocenters. The van der Waals surface area contributed by atoms with Gasteiger partial charge in [-0.25, -0.2) is 0 Å². The lowest BCUT2D eigenvalue weighted by Gasteiger charge is -2.46. The van der Waals surface area contributed by atoms with Gasteiger partial charge >= 0.3 is 0 Å². The third-order valence-electron chi connectivity index (χ3n) is 21.1. The zero-order valence-electron chi connectivity index (χ0n) is 55.3. The summed E-state index contributed by atoms with van der Waals surface area (Å²) in [6, 6.07) is 117. The van der Waals surface area contributed by atoms with Gasteiger partial charge in [-0.1, -0.05) is 284 Å². The summed E-state index contributed by atoms with van der Waals surface area (Å²) >= 11 is 0. The van der Waals surface area contributed by atoms with Crippen LogP contribution in [0.4, 0.5) is 34.1 Å². The van der Waals surface area contributed by atoms with E-state index in [1.165, 1.54) is 132 Å². The molecule has 97 heavy (non-hydrogen) atoms. The van der Waals surface area contributed by atoms with E-state index in [9.17, 15) is 0 Å². The minimum Gasteiger partial charge on any atom is -0.309 e. The second-order valence-electron chi connectivity index (χ2n) is 28.7. The van der Waals surface area contributed by atoms with Gasteiger partial charge in [-0.3, -0.25) is 0 Å². The highest BCUT2D eigenvalue weighted by molar-refractivity contribution is 7.01. The first-order chi connectivity index (χ1) is 47.5. The number of anilines is 6. The Morgan fingerprint density at radius 1 is 0.278 bits per heavy atom. The van der Waals surface area contributed by atoms with Crippen LogP contribution in [0.2, 0.25) is 0 Å². The average molecular weight is 1240 g/mol. The average Bonchev–Trinajstić information content (AvgIpc) is 1.59. The van der Waals surface area contributed by atoms with Crippen LogP contribution in [0.25, 0.3) is 121 Å². The van der Waals surface area contributed by atoms with E-state index in [1.807, 2.05) is 0 Å². The normalized spacial score (nSPS) is 13.0. The van der Waals surface area contributed by atoms with Crippen molar-refractivity contribution in [2.24, 2.45) is 0 Å². The molecular formula is C92H69BN4. The molecule has 17 aromatic rings. The number of fused-ring (bicyclic) bond motifs is 15. The van der Waals surface area contributed by atoms with Crippen LogP contribution in [0.5, 0.6) is 0 Å². The Kier molecular flexibility index (Phi) is 12.6. The molecule has 0 unspecified atom stereocenters. The van der Waals surface area contributed by atoms with E-state index >= 15 is 0 Å². The van der Waals surface area contributed by atoms with Gasteiger partial charge < -0.3 is 18.8 Å². The highest BCUT2D eigenvalue weighted by atomic mass is 15.2. The van der Waals surface area contributed by atoms with Crippen molar-refractivity contribution in [3.05, 3.63) is 321 Å². The van der Waals surface area contributed by atoms with Crippen molar-refractivity contribution < 1.29 is 0 Å². The minimum absolute atomic E-state index is 0.190. The van der Waals surface area contributed by atoms with Gasteiger partial charge in [0.15, 0.2) is 0 Å². The van der Waals surface area contributed by atoms with E-state index in [0.717, 1.165) is 50.7 Å². The Labute approximate surface area is 566 Å². The van der Waals surface area contributed by atoms with Gasteiger partial charge in [0.25, 0.3) is 6.71 Å². The Morgan fingerprint density at radius 3 is 1.07 bits per heavy atom. The molecule has 0 saturated heterocycles. The Bertz CT molecular complexity index is 5840. The van der Waals surface area contributed by atoms with E-state index in [-0.39, 0.29) is 17.5 Å². The van der Waals surface area contributed by atoms with Crippen LogP contribution in [0.1, 0.15) is 52.7 Å². The third kappa shape index (κ3) is 8.57. The molecule has 0 N–H and O–H groups in total. The third-order valence-corrected chi connectivity index (χ3v) is 21.1. The smallest absolute Gasteiger partial charge is 0.252 e. The van der Waals surface area contributed by atoms with Gasteiger partial charge in [0.2, 0.25) is 0 Å². The Balaban J connectivity index is 1.08. The molecule has 0 saturated carbocycles. The Morgan fingerprint density at radius 2 is 0.649 bits per heavy atom. The number of nitrogens with zero attached hydrogens (tertiary/aromatic N) is 4. The molecule has 14 aromatic carbocycles. The number of hydrogen-bond acceptors (Lipinski definition) is 2. The van der Waals surface area contributed by atoms with Crippen LogP contribution in [-0.2, 0) is 10.8 Å². The summed E-state index contributed by atoms with van der Waals surface area (Å²) in [4.78, 5) is 5.56. The monoisotopic (exact) mass is 1240 g/mol. The zero-order chi connectivity index (χ0) is 65.0. The number of benzene rings is 14. The van der Waals surface area contributed by atoms with Gasteiger partial charge in [0, 0.05) is 71.6 Å². The fraction of sp³-hybridized carbons (Fsp3) is 0.0870. The number of rotatable bonds is 8. The predicted octanol–water partition coefficient (Wildman–Crippen LogP) is 22.9. The molecule has 3 aromatic heterocycles. The first kappa shape index (κ1) is 56.8. The van der Waals surface area contributed by atoms with Crippen molar-refractivity contribution in [3.8, 4) is 61.3 Å². The van der Waals surface area contributed by atoms with Crippen LogP contribution in [0.3, 0.4) is 0 Å². The largest absolute Gasteiger partial charge is 0.309 e. The van der Waals surface area contributed by atoms with Gasteiger partial charge in [0.1, 0.15) is 0 Å². The van der Waals surface area contributed by atoms with Gasteiger partial charge in [-0.2, -0.15) is 0 Å². The van der Waals surface area contributed by atoms with Gasteiger partial charge in [-0.05, 0) is 138 Å². The molecule has 0 fully saturated rings. The molecule has 4 nitrogen and oxygen atoms in total. The molecule has 0 amide bonds. The topological polar surface area (TPSA) is 15.8 Å². The molecule has 0 radical (unpaired) electrons. The SMILES string of the molecule is CC(C)(C)c1cc(-c2ccccc2)c(N2c3ccc(-c4ccccc4)cc3B3c4ccc(-n5c6ccccc6c6ccccc65)cc4N(c4c(-c5ccccc5)cc(C(C)(C)C)cc4-c4ccccc4)c4c3c2c2c3ccccc3n3c5ccccc5c4c23)c(-c2ccccc2)c1. The Hall–Kier alpha value is -11.7. The summed E-state index contributed by atoms with van der Waals surface area (Å²) in [7, 11) is 0. The maximum Gasteiger partial charge on any atom is 0.252 e. The summed E-state index contributed by atoms with van der Waals surface area (Å²) in [5, 5.41) is 7.36. The predicted molar refractivity (Wildman–Crippen MR) is 414 cm³/mol. The first-order valence-corrected chi connectivity index (χ1v) is 34.2. The van der Waals surface area contributed by atoms with Crippen LogP contribution in [-0.4, -0.2) is 15.7 Å². The van der Waals surface area contributed by atoms with Crippen molar-refractivity contribution in [3.63, 3.8) is 0 Å². The van der Waals surface area contributed by atoms with Crippen molar-refractivity contribution in [2.45, 2.75) is 52.4 Å². The number of para-hydroxylation sites is 4. The molecule has 19 rings (SSSR count). The van der Waals surface area contributed by atoms with E-state index in [0.29, 0.717) is 0 Å². The molecule has 460 valence electrons. The first-order valence-electron chi connectivity index (χ1n) is 34.2. The summed E-state index contributed by atoms with van der Waals surface area (Å²) in [6.07, 6.45) is 0. The lowest BCUT2D eigenvalue weighted by atomic mass is 9.33. The van der Waals surface area contributed by atoms with Gasteiger partial charge in [0.05, 0.1) is 50.3 Å². The molecule has 5 heteroatoms. The lowest BCUT2D eigenvalue weighted by Crippen LogP contribution is -2.61. The van der Waals surface area contributed by atoms with E-state index in [1.54, 1.807) is 0 Å². The van der Waals surface area contributed by atoms with Crippen molar-refractivity contribution in [1.82, 2.24) is 8.97 Å². The fourth-order valence-corrected chi connectivity index (χ4v) is 16.6. The van der Waals surface area contributed by atoms with Crippen molar-refractivity contribution in [1.29, 1.82) is 0 Å². The maximum atomic E-state index is 2.79. The van der Waals surface area contributed by atoms with Crippen LogP contribution < -0.4 is 26.2 Å².